The molecule has 118 valence electrons. The fourth-order valence-electron chi connectivity index (χ4n) is 2.62. The molecule has 0 atom stereocenters. The van der Waals surface area contributed by atoms with E-state index in [0.717, 1.165) is 23.3 Å². The first kappa shape index (κ1) is 14.7. The molecule has 0 aliphatic heterocycles. The summed E-state index contributed by atoms with van der Waals surface area (Å²) < 4.78 is 27.9. The van der Waals surface area contributed by atoms with E-state index in [1.54, 1.807) is 0 Å². The molecule has 2 aromatic carbocycles. The summed E-state index contributed by atoms with van der Waals surface area (Å²) in [6, 6.07) is 13.0. The van der Waals surface area contributed by atoms with Crippen molar-refractivity contribution in [2.24, 2.45) is 0 Å². The summed E-state index contributed by atoms with van der Waals surface area (Å²) in [5, 5.41) is 2.25. The van der Waals surface area contributed by atoms with Crippen LogP contribution in [0, 0.1) is 11.6 Å². The highest BCUT2D eigenvalue weighted by atomic mass is 32.1. The highest BCUT2D eigenvalue weighted by molar-refractivity contribution is 7.17. The monoisotopic (exact) mass is 340 g/mol. The van der Waals surface area contributed by atoms with E-state index in [1.807, 2.05) is 35.7 Å². The van der Waals surface area contributed by atoms with Gasteiger partial charge in [-0.05, 0) is 17.7 Å². The SMILES string of the molecule is O=c1[nH]c(-c2c(F)cccc2F)nc2scc(-c3ccccc3)c12. The van der Waals surface area contributed by atoms with Crippen LogP contribution >= 0.6 is 11.3 Å². The summed E-state index contributed by atoms with van der Waals surface area (Å²) in [4.78, 5) is 19.7. The Morgan fingerprint density at radius 2 is 1.67 bits per heavy atom. The molecule has 4 rings (SSSR count). The van der Waals surface area contributed by atoms with Gasteiger partial charge in [-0.3, -0.25) is 4.79 Å². The number of nitrogens with one attached hydrogen (secondary N) is 1. The molecule has 2 heterocycles. The molecule has 2 aromatic heterocycles. The van der Waals surface area contributed by atoms with E-state index in [9.17, 15) is 13.6 Å². The number of hydrogen-bond donors (Lipinski definition) is 1. The van der Waals surface area contributed by atoms with Crippen molar-refractivity contribution in [1.29, 1.82) is 0 Å². The van der Waals surface area contributed by atoms with Crippen LogP contribution in [0.15, 0.2) is 58.7 Å². The smallest absolute Gasteiger partial charge is 0.260 e. The molecule has 0 aliphatic carbocycles. The van der Waals surface area contributed by atoms with Gasteiger partial charge in [0.1, 0.15) is 22.3 Å². The van der Waals surface area contributed by atoms with E-state index < -0.39 is 17.2 Å². The number of hydrogen-bond acceptors (Lipinski definition) is 3. The predicted molar refractivity (Wildman–Crippen MR) is 91.0 cm³/mol. The zero-order valence-electron chi connectivity index (χ0n) is 12.2. The van der Waals surface area contributed by atoms with Crippen molar-refractivity contribution in [2.75, 3.05) is 0 Å². The second-order valence-corrected chi connectivity index (χ2v) is 6.06. The van der Waals surface area contributed by atoms with E-state index in [-0.39, 0.29) is 11.4 Å². The number of rotatable bonds is 2. The first-order chi connectivity index (χ1) is 11.6. The van der Waals surface area contributed by atoms with Gasteiger partial charge in [-0.2, -0.15) is 0 Å². The predicted octanol–water partition coefficient (Wildman–Crippen LogP) is 4.60. The Labute approximate surface area is 139 Å². The molecule has 0 amide bonds. The fourth-order valence-corrected chi connectivity index (χ4v) is 3.57. The van der Waals surface area contributed by atoms with Gasteiger partial charge in [0.15, 0.2) is 0 Å². The highest BCUT2D eigenvalue weighted by Gasteiger charge is 2.17. The maximum absolute atomic E-state index is 13.9. The number of benzene rings is 2. The summed E-state index contributed by atoms with van der Waals surface area (Å²) in [7, 11) is 0. The minimum atomic E-state index is -0.766. The van der Waals surface area contributed by atoms with E-state index in [0.29, 0.717) is 10.2 Å². The van der Waals surface area contributed by atoms with Crippen molar-refractivity contribution in [3.8, 4) is 22.5 Å². The van der Waals surface area contributed by atoms with E-state index >= 15 is 0 Å². The molecule has 0 spiro atoms. The molecule has 0 bridgehead atoms. The van der Waals surface area contributed by atoms with Gasteiger partial charge < -0.3 is 4.98 Å². The third kappa shape index (κ3) is 2.32. The Kier molecular flexibility index (Phi) is 3.46. The van der Waals surface area contributed by atoms with Crippen molar-refractivity contribution in [3.05, 3.63) is 75.9 Å². The van der Waals surface area contributed by atoms with Crippen molar-refractivity contribution in [3.63, 3.8) is 0 Å². The van der Waals surface area contributed by atoms with Crippen LogP contribution in [0.3, 0.4) is 0 Å². The Hall–Kier alpha value is -2.86. The topological polar surface area (TPSA) is 45.8 Å². The lowest BCUT2D eigenvalue weighted by molar-refractivity contribution is 0.587. The molecule has 24 heavy (non-hydrogen) atoms. The quantitative estimate of drug-likeness (QED) is 0.580. The van der Waals surface area contributed by atoms with Crippen molar-refractivity contribution >= 4 is 21.6 Å². The third-order valence-electron chi connectivity index (χ3n) is 3.73. The average Bonchev–Trinajstić information content (AvgIpc) is 3.00. The van der Waals surface area contributed by atoms with Crippen molar-refractivity contribution in [2.45, 2.75) is 0 Å². The van der Waals surface area contributed by atoms with Gasteiger partial charge in [-0.15, -0.1) is 11.3 Å². The molecule has 4 aromatic rings. The Bertz CT molecular complexity index is 1080. The van der Waals surface area contributed by atoms with E-state index in [1.165, 1.54) is 17.4 Å². The second kappa shape index (κ2) is 5.65. The molecule has 1 N–H and O–H groups in total. The standard InChI is InChI=1S/C18H10F2N2OS/c19-12-7-4-8-13(20)15(12)16-21-17(23)14-11(9-24-18(14)22-16)10-5-2-1-3-6-10/h1-9H,(H,21,22,23). The van der Waals surface area contributed by atoms with E-state index in [2.05, 4.69) is 9.97 Å². The molecule has 3 nitrogen and oxygen atoms in total. The molecule has 6 heteroatoms. The lowest BCUT2D eigenvalue weighted by Crippen LogP contribution is -2.10. The van der Waals surface area contributed by atoms with Crippen LogP contribution < -0.4 is 5.56 Å². The fraction of sp³-hybridized carbons (Fsp3) is 0. The van der Waals surface area contributed by atoms with Gasteiger partial charge in [-0.1, -0.05) is 36.4 Å². The molecular formula is C18H10F2N2OS. The van der Waals surface area contributed by atoms with Gasteiger partial charge in [0.2, 0.25) is 0 Å². The number of aromatic nitrogens is 2. The molecule has 0 aliphatic rings. The molecule has 0 unspecified atom stereocenters. The molecule has 0 saturated heterocycles. The van der Waals surface area contributed by atoms with Crippen molar-refractivity contribution in [1.82, 2.24) is 9.97 Å². The Balaban J connectivity index is 1.97. The third-order valence-corrected chi connectivity index (χ3v) is 4.60. The van der Waals surface area contributed by atoms with Crippen LogP contribution in [0.1, 0.15) is 0 Å². The summed E-state index contributed by atoms with van der Waals surface area (Å²) in [6.45, 7) is 0. The zero-order valence-corrected chi connectivity index (χ0v) is 13.0. The molecule has 0 fully saturated rings. The van der Waals surface area contributed by atoms with Gasteiger partial charge in [0, 0.05) is 10.9 Å². The normalized spacial score (nSPS) is 11.1. The first-order valence-corrected chi connectivity index (χ1v) is 8.04. The Morgan fingerprint density at radius 1 is 0.958 bits per heavy atom. The lowest BCUT2D eigenvalue weighted by atomic mass is 10.1. The summed E-state index contributed by atoms with van der Waals surface area (Å²) >= 11 is 1.27. The zero-order chi connectivity index (χ0) is 16.7. The van der Waals surface area contributed by atoms with Crippen LogP contribution in [0.25, 0.3) is 32.7 Å². The Morgan fingerprint density at radius 3 is 2.38 bits per heavy atom. The average molecular weight is 340 g/mol. The van der Waals surface area contributed by atoms with Gasteiger partial charge in [0.25, 0.3) is 5.56 Å². The highest BCUT2D eigenvalue weighted by Crippen LogP contribution is 2.32. The number of nitrogens with zero attached hydrogens (tertiary/aromatic N) is 1. The second-order valence-electron chi connectivity index (χ2n) is 5.21. The molecule has 0 saturated carbocycles. The summed E-state index contributed by atoms with van der Waals surface area (Å²) in [6.07, 6.45) is 0. The van der Waals surface area contributed by atoms with Crippen LogP contribution in [0.4, 0.5) is 8.78 Å². The largest absolute Gasteiger partial charge is 0.306 e. The van der Waals surface area contributed by atoms with Gasteiger partial charge in [0.05, 0.1) is 10.9 Å². The number of aromatic amines is 1. The summed E-state index contributed by atoms with van der Waals surface area (Å²) in [5.74, 6) is -1.64. The molecule has 0 radical (unpaired) electrons. The minimum Gasteiger partial charge on any atom is -0.306 e. The summed E-state index contributed by atoms with van der Waals surface area (Å²) in [5.41, 5.74) is 0.898. The lowest BCUT2D eigenvalue weighted by Gasteiger charge is -2.05. The van der Waals surface area contributed by atoms with Crippen LogP contribution in [0.2, 0.25) is 0 Å². The maximum Gasteiger partial charge on any atom is 0.260 e. The van der Waals surface area contributed by atoms with Crippen LogP contribution in [0.5, 0.6) is 0 Å². The number of H-pyrrole nitrogens is 1. The van der Waals surface area contributed by atoms with Gasteiger partial charge in [-0.25, -0.2) is 13.8 Å². The van der Waals surface area contributed by atoms with Crippen molar-refractivity contribution < 1.29 is 8.78 Å². The minimum absolute atomic E-state index is 0.107. The number of fused-ring (bicyclic) bond motifs is 1. The number of thiophene rings is 1. The number of halogens is 2. The first-order valence-electron chi connectivity index (χ1n) is 7.16. The van der Waals surface area contributed by atoms with Crippen LogP contribution in [-0.2, 0) is 0 Å². The van der Waals surface area contributed by atoms with Crippen LogP contribution in [-0.4, -0.2) is 9.97 Å². The van der Waals surface area contributed by atoms with E-state index in [4.69, 9.17) is 0 Å². The maximum atomic E-state index is 13.9. The van der Waals surface area contributed by atoms with Gasteiger partial charge >= 0.3 is 0 Å². The molecular weight excluding hydrogens is 330 g/mol.